The highest BCUT2D eigenvalue weighted by Crippen LogP contribution is 2.31. The van der Waals surface area contributed by atoms with Crippen molar-refractivity contribution in [2.45, 2.75) is 51.9 Å². The molecule has 2 aromatic heterocycles. The number of likely N-dealkylation sites (tertiary alicyclic amines) is 1. The van der Waals surface area contributed by atoms with Crippen molar-refractivity contribution in [3.63, 3.8) is 0 Å². The molecule has 1 aliphatic carbocycles. The number of aromatic nitrogens is 2. The number of ether oxygens (including phenoxy) is 1. The first kappa shape index (κ1) is 21.1. The minimum Gasteiger partial charge on any atom is -0.450 e. The summed E-state index contributed by atoms with van der Waals surface area (Å²) in [5, 5.41) is 4.33. The molecule has 1 N–H and O–H groups in total. The summed E-state index contributed by atoms with van der Waals surface area (Å²) in [5.74, 6) is 0.656. The number of piperidine rings is 1. The van der Waals surface area contributed by atoms with Crippen LogP contribution in [0.25, 0.3) is 11.1 Å². The first-order valence-electron chi connectivity index (χ1n) is 10.7. The van der Waals surface area contributed by atoms with E-state index >= 15 is 0 Å². The van der Waals surface area contributed by atoms with Gasteiger partial charge in [0.2, 0.25) is 5.71 Å². The third-order valence-corrected chi connectivity index (χ3v) is 5.85. The molecule has 166 valence electrons. The molecule has 3 heterocycles. The Morgan fingerprint density at radius 3 is 2.77 bits per heavy atom. The molecule has 0 radical (unpaired) electrons. The summed E-state index contributed by atoms with van der Waals surface area (Å²) in [7, 11) is 0. The van der Waals surface area contributed by atoms with Crippen molar-refractivity contribution in [3.8, 4) is 6.01 Å². The fourth-order valence-electron chi connectivity index (χ4n) is 3.87. The molecule has 0 spiro atoms. The number of aryl methyl sites for hydroxylation is 1. The molecule has 2 fully saturated rings. The summed E-state index contributed by atoms with van der Waals surface area (Å²) >= 11 is 0. The molecule has 10 heteroatoms. The smallest absolute Gasteiger partial charge is 0.409 e. The molecular formula is C21H26N4O6. The molecule has 0 unspecified atom stereocenters. The van der Waals surface area contributed by atoms with Crippen molar-refractivity contribution < 1.29 is 18.8 Å². The van der Waals surface area contributed by atoms with Gasteiger partial charge in [-0.3, -0.25) is 9.78 Å². The second-order valence-corrected chi connectivity index (χ2v) is 7.91. The van der Waals surface area contributed by atoms with Crippen molar-refractivity contribution in [1.29, 1.82) is 0 Å². The number of hydrogen-bond donors (Lipinski definition) is 1. The molecule has 0 aromatic carbocycles. The first-order chi connectivity index (χ1) is 15.0. The molecule has 1 saturated heterocycles. The van der Waals surface area contributed by atoms with Gasteiger partial charge in [0, 0.05) is 32.0 Å². The maximum absolute atomic E-state index is 12.6. The van der Waals surface area contributed by atoms with Gasteiger partial charge in [-0.25, -0.2) is 9.59 Å². The molecule has 10 nitrogen and oxygen atoms in total. The Bertz CT molecular complexity index is 1090. The third kappa shape index (κ3) is 4.95. The van der Waals surface area contributed by atoms with E-state index in [9.17, 15) is 14.4 Å². The number of nitrogens with one attached hydrogen (secondary N) is 1. The Balaban J connectivity index is 1.46. The lowest BCUT2D eigenvalue weighted by molar-refractivity contribution is 0.107. The van der Waals surface area contributed by atoms with E-state index < -0.39 is 11.2 Å². The average molecular weight is 430 g/mol. The zero-order chi connectivity index (χ0) is 21.8. The van der Waals surface area contributed by atoms with E-state index in [-0.39, 0.29) is 23.2 Å². The van der Waals surface area contributed by atoms with E-state index in [2.05, 4.69) is 15.1 Å². The van der Waals surface area contributed by atoms with Gasteiger partial charge in [0.15, 0.2) is 0 Å². The second-order valence-electron chi connectivity index (χ2n) is 7.91. The van der Waals surface area contributed by atoms with E-state index in [0.717, 1.165) is 12.1 Å². The van der Waals surface area contributed by atoms with E-state index in [4.69, 9.17) is 14.0 Å². The van der Waals surface area contributed by atoms with E-state index in [1.165, 1.54) is 25.3 Å². The van der Waals surface area contributed by atoms with Gasteiger partial charge in [0.1, 0.15) is 5.39 Å². The summed E-state index contributed by atoms with van der Waals surface area (Å²) in [6.45, 7) is 3.04. The largest absolute Gasteiger partial charge is 0.450 e. The molecule has 0 bridgehead atoms. The van der Waals surface area contributed by atoms with Crippen LogP contribution in [0.3, 0.4) is 0 Å². The van der Waals surface area contributed by atoms with Crippen LogP contribution in [0.5, 0.6) is 6.01 Å². The summed E-state index contributed by atoms with van der Waals surface area (Å²) in [6.07, 6.45) is 5.92. The predicted molar refractivity (Wildman–Crippen MR) is 112 cm³/mol. The van der Waals surface area contributed by atoms with Crippen LogP contribution in [0.2, 0.25) is 0 Å². The number of hydrogen-bond acceptors (Lipinski definition) is 8. The minimum absolute atomic E-state index is 0.0489. The lowest BCUT2D eigenvalue weighted by atomic mass is 9.81. The quantitative estimate of drug-likeness (QED) is 0.698. The Morgan fingerprint density at radius 1 is 1.32 bits per heavy atom. The first-order valence-corrected chi connectivity index (χ1v) is 10.7. The van der Waals surface area contributed by atoms with Gasteiger partial charge in [0.05, 0.1) is 12.3 Å². The van der Waals surface area contributed by atoms with Crippen molar-refractivity contribution in [2.24, 2.45) is 11.1 Å². The second kappa shape index (κ2) is 9.32. The van der Waals surface area contributed by atoms with Crippen LogP contribution in [0.15, 0.2) is 25.2 Å². The Hall–Kier alpha value is -3.17. The highest BCUT2D eigenvalue weighted by atomic mass is 16.6. The Morgan fingerprint density at radius 2 is 2.10 bits per heavy atom. The van der Waals surface area contributed by atoms with Crippen LogP contribution >= 0.6 is 0 Å². The molecular weight excluding hydrogens is 404 g/mol. The van der Waals surface area contributed by atoms with Gasteiger partial charge in [-0.15, -0.1) is 0 Å². The van der Waals surface area contributed by atoms with Crippen LogP contribution in [0, 0.1) is 5.92 Å². The van der Waals surface area contributed by atoms with Crippen molar-refractivity contribution in [3.05, 3.63) is 32.4 Å². The van der Waals surface area contributed by atoms with Gasteiger partial charge in [0.25, 0.3) is 5.56 Å². The highest BCUT2D eigenvalue weighted by Gasteiger charge is 2.22. The maximum Gasteiger partial charge on any atom is 0.409 e. The number of nitrogens with zero attached hydrogens (tertiary/aromatic N) is 3. The molecule has 2 aliphatic rings. The normalized spacial score (nSPS) is 16.8. The number of rotatable bonds is 6. The zero-order valence-corrected chi connectivity index (χ0v) is 17.5. The number of carbonyl (C=O) groups is 1. The molecule has 2 aromatic rings. The molecule has 1 amide bonds. The molecule has 1 saturated carbocycles. The minimum atomic E-state index is -0.544. The van der Waals surface area contributed by atoms with Gasteiger partial charge in [-0.2, -0.15) is 4.98 Å². The number of aromatic amines is 1. The van der Waals surface area contributed by atoms with E-state index in [1.807, 2.05) is 0 Å². The van der Waals surface area contributed by atoms with Gasteiger partial charge < -0.3 is 18.9 Å². The fourth-order valence-corrected chi connectivity index (χ4v) is 3.87. The number of H-pyrrole nitrogens is 1. The van der Waals surface area contributed by atoms with Crippen molar-refractivity contribution in [1.82, 2.24) is 14.9 Å². The van der Waals surface area contributed by atoms with Crippen molar-refractivity contribution in [2.75, 3.05) is 19.7 Å². The summed E-state index contributed by atoms with van der Waals surface area (Å²) in [5.41, 5.74) is 0.366. The lowest BCUT2D eigenvalue weighted by Gasteiger charge is -2.26. The van der Waals surface area contributed by atoms with Crippen LogP contribution in [0.4, 0.5) is 4.79 Å². The standard InChI is InChI=1S/C21H26N4O6/c1-2-29-21(28)25-10-8-15(9-11-25)24-31-20-22-18(27)17-14(7-6-13-4-3-5-13)12-16(26)30-19(17)23-20/h12-13H,2-11H2,1H3,(H,22,23,27). The van der Waals surface area contributed by atoms with Crippen molar-refractivity contribution >= 4 is 22.9 Å². The number of oxime groups is 1. The lowest BCUT2D eigenvalue weighted by Crippen LogP contribution is -2.39. The monoisotopic (exact) mass is 430 g/mol. The predicted octanol–water partition coefficient (Wildman–Crippen LogP) is 2.60. The third-order valence-electron chi connectivity index (χ3n) is 5.85. The number of amides is 1. The molecule has 4 rings (SSSR count). The summed E-state index contributed by atoms with van der Waals surface area (Å²) < 4.78 is 10.1. The van der Waals surface area contributed by atoms with Crippen LogP contribution in [0.1, 0.15) is 51.0 Å². The number of fused-ring (bicyclic) bond motifs is 1. The number of carbonyl (C=O) groups excluding carboxylic acids is 1. The van der Waals surface area contributed by atoms with Gasteiger partial charge in [-0.05, 0) is 31.2 Å². The zero-order valence-electron chi connectivity index (χ0n) is 17.5. The average Bonchev–Trinajstić information content (AvgIpc) is 2.71. The van der Waals surface area contributed by atoms with Crippen LogP contribution in [-0.2, 0) is 11.2 Å². The SMILES string of the molecule is CCOC(=O)N1CCC(=NOc2nc3oc(=O)cc(CCC4CCC4)c3c(=O)[nH]2)CC1. The van der Waals surface area contributed by atoms with Gasteiger partial charge >= 0.3 is 17.7 Å². The van der Waals surface area contributed by atoms with Gasteiger partial charge in [-0.1, -0.05) is 24.4 Å². The fraction of sp³-hybridized carbons (Fsp3) is 0.571. The maximum atomic E-state index is 12.6. The molecule has 0 atom stereocenters. The van der Waals surface area contributed by atoms with Crippen LogP contribution < -0.4 is 16.0 Å². The molecule has 1 aliphatic heterocycles. The molecule has 31 heavy (non-hydrogen) atoms. The Kier molecular flexibility index (Phi) is 6.34. The topological polar surface area (TPSA) is 127 Å². The van der Waals surface area contributed by atoms with E-state index in [0.29, 0.717) is 50.4 Å². The Labute approximate surface area is 178 Å². The van der Waals surface area contributed by atoms with E-state index in [1.54, 1.807) is 11.8 Å². The summed E-state index contributed by atoms with van der Waals surface area (Å²) in [6, 6.07) is 1.23. The summed E-state index contributed by atoms with van der Waals surface area (Å²) in [4.78, 5) is 50.0. The highest BCUT2D eigenvalue weighted by molar-refractivity contribution is 5.86. The van der Waals surface area contributed by atoms with Crippen LogP contribution in [-0.4, -0.2) is 46.4 Å².